The zero-order chi connectivity index (χ0) is 15.8. The quantitative estimate of drug-likeness (QED) is 0.590. The first kappa shape index (κ1) is 13.8. The maximum absolute atomic E-state index is 12.3. The van der Waals surface area contributed by atoms with Crippen LogP contribution in [0.1, 0.15) is 21.7 Å². The molecule has 23 heavy (non-hydrogen) atoms. The van der Waals surface area contributed by atoms with Crippen LogP contribution in [-0.4, -0.2) is 28.3 Å². The second-order valence-corrected chi connectivity index (χ2v) is 5.79. The van der Waals surface area contributed by atoms with E-state index in [4.69, 9.17) is 9.47 Å². The molecule has 2 aromatic heterocycles. The van der Waals surface area contributed by atoms with E-state index in [1.807, 2.05) is 23.7 Å². The zero-order valence-electron chi connectivity index (χ0n) is 12.1. The minimum Gasteiger partial charge on any atom is -0.454 e. The fourth-order valence-electron chi connectivity index (χ4n) is 2.38. The molecular formula is C15H12N4O3S. The minimum atomic E-state index is -0.301. The van der Waals surface area contributed by atoms with Gasteiger partial charge in [-0.25, -0.2) is 10.4 Å². The number of thiazole rings is 1. The standard InChI is InChI=1S/C15H12N4O3S/c1-9-13(19-4-5-23-15(19)17-9)14(20)18-16-7-10-2-3-11-12(6-10)22-8-21-11/h2-7H,8H2,1H3,(H,18,20)/b16-7-. The highest BCUT2D eigenvalue weighted by molar-refractivity contribution is 7.15. The van der Waals surface area contributed by atoms with Gasteiger partial charge in [-0.05, 0) is 30.7 Å². The van der Waals surface area contributed by atoms with Gasteiger partial charge < -0.3 is 9.47 Å². The first-order valence-electron chi connectivity index (χ1n) is 6.87. The molecule has 0 atom stereocenters. The van der Waals surface area contributed by atoms with Crippen molar-refractivity contribution in [2.24, 2.45) is 5.10 Å². The van der Waals surface area contributed by atoms with E-state index in [0.717, 1.165) is 10.5 Å². The van der Waals surface area contributed by atoms with Gasteiger partial charge in [-0.15, -0.1) is 11.3 Å². The van der Waals surface area contributed by atoms with Gasteiger partial charge in [0.25, 0.3) is 5.91 Å². The molecule has 0 saturated heterocycles. The number of hydrogen-bond donors (Lipinski definition) is 1. The molecule has 0 radical (unpaired) electrons. The summed E-state index contributed by atoms with van der Waals surface area (Å²) in [5, 5.41) is 5.88. The number of nitrogens with one attached hydrogen (secondary N) is 1. The summed E-state index contributed by atoms with van der Waals surface area (Å²) in [6, 6.07) is 5.45. The predicted molar refractivity (Wildman–Crippen MR) is 85.4 cm³/mol. The van der Waals surface area contributed by atoms with Gasteiger partial charge in [0.05, 0.1) is 11.9 Å². The molecule has 116 valence electrons. The molecule has 8 heteroatoms. The molecule has 0 unspecified atom stereocenters. The van der Waals surface area contributed by atoms with Crippen molar-refractivity contribution in [1.29, 1.82) is 0 Å². The molecule has 0 spiro atoms. The fourth-order valence-corrected chi connectivity index (χ4v) is 3.14. The molecule has 0 saturated carbocycles. The highest BCUT2D eigenvalue weighted by Gasteiger charge is 2.16. The summed E-state index contributed by atoms with van der Waals surface area (Å²) >= 11 is 1.48. The van der Waals surface area contributed by atoms with Crippen LogP contribution in [0.4, 0.5) is 0 Å². The topological polar surface area (TPSA) is 77.2 Å². The second kappa shape index (κ2) is 5.40. The van der Waals surface area contributed by atoms with E-state index in [1.54, 1.807) is 23.6 Å². The lowest BCUT2D eigenvalue weighted by Crippen LogP contribution is -2.20. The molecule has 4 rings (SSSR count). The highest BCUT2D eigenvalue weighted by Crippen LogP contribution is 2.31. The van der Waals surface area contributed by atoms with E-state index >= 15 is 0 Å². The molecule has 0 aliphatic carbocycles. The molecule has 1 amide bonds. The normalized spacial score (nSPS) is 13.1. The Bertz CT molecular complexity index is 928. The molecule has 0 bridgehead atoms. The number of imidazole rings is 1. The van der Waals surface area contributed by atoms with Crippen molar-refractivity contribution >= 4 is 28.4 Å². The Hall–Kier alpha value is -2.87. The van der Waals surface area contributed by atoms with Gasteiger partial charge in [-0.1, -0.05) is 0 Å². The Morgan fingerprint density at radius 1 is 1.43 bits per heavy atom. The Labute approximate surface area is 135 Å². The van der Waals surface area contributed by atoms with E-state index in [2.05, 4.69) is 15.5 Å². The number of ether oxygens (including phenoxy) is 2. The molecule has 1 aliphatic rings. The van der Waals surface area contributed by atoms with Crippen LogP contribution in [0.25, 0.3) is 4.96 Å². The Kier molecular flexibility index (Phi) is 3.23. The van der Waals surface area contributed by atoms with Crippen molar-refractivity contribution in [3.8, 4) is 11.5 Å². The van der Waals surface area contributed by atoms with Crippen LogP contribution in [0.15, 0.2) is 34.9 Å². The largest absolute Gasteiger partial charge is 0.454 e. The third-order valence-electron chi connectivity index (χ3n) is 3.43. The van der Waals surface area contributed by atoms with E-state index < -0.39 is 0 Å². The van der Waals surface area contributed by atoms with Crippen molar-refractivity contribution in [2.45, 2.75) is 6.92 Å². The Balaban J connectivity index is 1.51. The van der Waals surface area contributed by atoms with E-state index in [-0.39, 0.29) is 12.7 Å². The van der Waals surface area contributed by atoms with Crippen LogP contribution in [0.3, 0.4) is 0 Å². The number of rotatable bonds is 3. The maximum atomic E-state index is 12.3. The number of hydrazone groups is 1. The van der Waals surface area contributed by atoms with Gasteiger partial charge in [-0.3, -0.25) is 9.20 Å². The summed E-state index contributed by atoms with van der Waals surface area (Å²) in [6.07, 6.45) is 3.37. The van der Waals surface area contributed by atoms with Crippen molar-refractivity contribution in [3.05, 3.63) is 46.7 Å². The highest BCUT2D eigenvalue weighted by atomic mass is 32.1. The number of nitrogens with zero attached hydrogens (tertiary/aromatic N) is 3. The van der Waals surface area contributed by atoms with Crippen molar-refractivity contribution in [3.63, 3.8) is 0 Å². The smallest absolute Gasteiger partial charge is 0.290 e. The lowest BCUT2D eigenvalue weighted by atomic mass is 10.2. The van der Waals surface area contributed by atoms with Crippen LogP contribution in [0.2, 0.25) is 0 Å². The Morgan fingerprint density at radius 3 is 3.22 bits per heavy atom. The average Bonchev–Trinajstić information content (AvgIpc) is 3.21. The molecule has 7 nitrogen and oxygen atoms in total. The molecule has 3 aromatic rings. The number of benzene rings is 1. The molecule has 1 N–H and O–H groups in total. The van der Waals surface area contributed by atoms with Crippen LogP contribution < -0.4 is 14.9 Å². The number of aryl methyl sites for hydroxylation is 1. The van der Waals surface area contributed by atoms with Gasteiger partial charge in [0, 0.05) is 11.6 Å². The molecule has 0 fully saturated rings. The second-order valence-electron chi connectivity index (χ2n) is 4.91. The van der Waals surface area contributed by atoms with E-state index in [9.17, 15) is 4.79 Å². The van der Waals surface area contributed by atoms with Crippen LogP contribution in [0, 0.1) is 6.92 Å². The third kappa shape index (κ3) is 2.42. The van der Waals surface area contributed by atoms with Gasteiger partial charge in [0.1, 0.15) is 5.69 Å². The monoisotopic (exact) mass is 328 g/mol. The molecular weight excluding hydrogens is 316 g/mol. The summed E-state index contributed by atoms with van der Waals surface area (Å²) in [5.41, 5.74) is 4.50. The van der Waals surface area contributed by atoms with Gasteiger partial charge in [0.2, 0.25) is 6.79 Å². The van der Waals surface area contributed by atoms with E-state index in [1.165, 1.54) is 11.3 Å². The molecule has 1 aliphatic heterocycles. The van der Waals surface area contributed by atoms with Crippen molar-refractivity contribution in [2.75, 3.05) is 6.79 Å². The van der Waals surface area contributed by atoms with Crippen LogP contribution in [-0.2, 0) is 0 Å². The van der Waals surface area contributed by atoms with Crippen LogP contribution >= 0.6 is 11.3 Å². The van der Waals surface area contributed by atoms with E-state index in [0.29, 0.717) is 22.9 Å². The lowest BCUT2D eigenvalue weighted by molar-refractivity contribution is 0.0948. The van der Waals surface area contributed by atoms with Crippen molar-refractivity contribution < 1.29 is 14.3 Å². The Morgan fingerprint density at radius 2 is 2.30 bits per heavy atom. The first-order chi connectivity index (χ1) is 11.2. The number of amides is 1. The SMILES string of the molecule is Cc1nc2sccn2c1C(=O)N/N=C\c1ccc2c(c1)OCO2. The summed E-state index contributed by atoms with van der Waals surface area (Å²) < 4.78 is 12.3. The van der Waals surface area contributed by atoms with Gasteiger partial charge in [0.15, 0.2) is 16.5 Å². The molecule has 3 heterocycles. The van der Waals surface area contributed by atoms with Gasteiger partial charge in [-0.2, -0.15) is 5.10 Å². The summed E-state index contributed by atoms with van der Waals surface area (Å²) in [5.74, 6) is 1.08. The number of hydrogen-bond acceptors (Lipinski definition) is 6. The number of carbonyl (C=O) groups excluding carboxylic acids is 1. The lowest BCUT2D eigenvalue weighted by Gasteiger charge is -2.00. The number of aromatic nitrogens is 2. The van der Waals surface area contributed by atoms with Gasteiger partial charge >= 0.3 is 0 Å². The maximum Gasteiger partial charge on any atom is 0.290 e. The minimum absolute atomic E-state index is 0.226. The zero-order valence-corrected chi connectivity index (χ0v) is 13.0. The average molecular weight is 328 g/mol. The first-order valence-corrected chi connectivity index (χ1v) is 7.75. The predicted octanol–water partition coefficient (Wildman–Crippen LogP) is 2.20. The summed E-state index contributed by atoms with van der Waals surface area (Å²) in [6.45, 7) is 2.03. The van der Waals surface area contributed by atoms with Crippen LogP contribution in [0.5, 0.6) is 11.5 Å². The number of fused-ring (bicyclic) bond motifs is 2. The molecule has 1 aromatic carbocycles. The summed E-state index contributed by atoms with van der Waals surface area (Å²) in [4.78, 5) is 17.4. The third-order valence-corrected chi connectivity index (χ3v) is 4.18. The fraction of sp³-hybridized carbons (Fsp3) is 0.133. The van der Waals surface area contributed by atoms with Crippen molar-refractivity contribution in [1.82, 2.24) is 14.8 Å². The summed E-state index contributed by atoms with van der Waals surface area (Å²) in [7, 11) is 0. The number of carbonyl (C=O) groups is 1.